The van der Waals surface area contributed by atoms with E-state index in [1.165, 1.54) is 0 Å². The van der Waals surface area contributed by atoms with Crippen LogP contribution >= 0.6 is 0 Å². The maximum Gasteiger partial charge on any atom is 0.237 e. The van der Waals surface area contributed by atoms with Gasteiger partial charge in [0.15, 0.2) is 0 Å². The lowest BCUT2D eigenvalue weighted by molar-refractivity contribution is -0.132. The number of likely N-dealkylation sites (tertiary alicyclic amines) is 1. The van der Waals surface area contributed by atoms with Gasteiger partial charge < -0.3 is 10.6 Å². The molecule has 2 amide bonds. The van der Waals surface area contributed by atoms with Gasteiger partial charge >= 0.3 is 0 Å². The van der Waals surface area contributed by atoms with Crippen LogP contribution in [0.4, 0.5) is 0 Å². The van der Waals surface area contributed by atoms with E-state index in [9.17, 15) is 9.59 Å². The summed E-state index contributed by atoms with van der Waals surface area (Å²) in [6.07, 6.45) is 1.33. The van der Waals surface area contributed by atoms with Gasteiger partial charge in [-0.1, -0.05) is 37.3 Å². The molecule has 1 heterocycles. The Hall–Kier alpha value is -1.84. The molecule has 1 fully saturated rings. The molecule has 1 unspecified atom stereocenters. The molecule has 0 aliphatic carbocycles. The highest BCUT2D eigenvalue weighted by molar-refractivity contribution is 5.86. The topological polar surface area (TPSA) is 63.4 Å². The third-order valence-electron chi connectivity index (χ3n) is 3.75. The average molecular weight is 246 g/mol. The molecule has 0 bridgehead atoms. The van der Waals surface area contributed by atoms with Crippen molar-refractivity contribution in [1.29, 1.82) is 0 Å². The van der Waals surface area contributed by atoms with Crippen LogP contribution in [0.1, 0.15) is 25.3 Å². The lowest BCUT2D eigenvalue weighted by atomic mass is 9.77. The molecule has 1 aliphatic rings. The predicted molar refractivity (Wildman–Crippen MR) is 68.8 cm³/mol. The lowest BCUT2D eigenvalue weighted by Gasteiger charge is -2.27. The first-order valence-corrected chi connectivity index (χ1v) is 6.19. The Balaban J connectivity index is 2.26. The fraction of sp³-hybridized carbons (Fsp3) is 0.429. The van der Waals surface area contributed by atoms with Gasteiger partial charge in [-0.25, -0.2) is 0 Å². The van der Waals surface area contributed by atoms with Crippen molar-refractivity contribution in [3.05, 3.63) is 35.9 Å². The summed E-state index contributed by atoms with van der Waals surface area (Å²) in [5.74, 6) is -0.442. The van der Waals surface area contributed by atoms with Crippen molar-refractivity contribution in [2.75, 3.05) is 13.1 Å². The Labute approximate surface area is 107 Å². The van der Waals surface area contributed by atoms with Crippen LogP contribution < -0.4 is 5.73 Å². The Morgan fingerprint density at radius 2 is 2.06 bits per heavy atom. The maximum absolute atomic E-state index is 12.0. The Bertz CT molecular complexity index is 458. The molecule has 0 radical (unpaired) electrons. The third kappa shape index (κ3) is 2.23. The molecule has 1 aromatic rings. The fourth-order valence-electron chi connectivity index (χ4n) is 2.67. The number of carbonyl (C=O) groups is 2. The van der Waals surface area contributed by atoms with E-state index >= 15 is 0 Å². The molecule has 4 nitrogen and oxygen atoms in total. The summed E-state index contributed by atoms with van der Waals surface area (Å²) in [5.41, 5.74) is 6.16. The molecule has 2 rings (SSSR count). The summed E-state index contributed by atoms with van der Waals surface area (Å²) < 4.78 is 0. The minimum atomic E-state index is -0.455. The van der Waals surface area contributed by atoms with Crippen molar-refractivity contribution in [3.63, 3.8) is 0 Å². The van der Waals surface area contributed by atoms with Crippen molar-refractivity contribution < 1.29 is 9.59 Å². The third-order valence-corrected chi connectivity index (χ3v) is 3.75. The molecular weight excluding hydrogens is 228 g/mol. The SMILES string of the molecule is CCC1(c2ccccc2)CC(=O)N(CC(N)=O)C1. The van der Waals surface area contributed by atoms with Gasteiger partial charge in [0.2, 0.25) is 11.8 Å². The molecule has 0 spiro atoms. The van der Waals surface area contributed by atoms with Gasteiger partial charge in [0.1, 0.15) is 0 Å². The van der Waals surface area contributed by atoms with Crippen LogP contribution in [0.25, 0.3) is 0 Å². The normalized spacial score (nSPS) is 23.4. The number of hydrogen-bond donors (Lipinski definition) is 1. The van der Waals surface area contributed by atoms with E-state index < -0.39 is 5.91 Å². The van der Waals surface area contributed by atoms with Crippen molar-refractivity contribution in [2.24, 2.45) is 5.73 Å². The number of nitrogens with zero attached hydrogens (tertiary/aromatic N) is 1. The highest BCUT2D eigenvalue weighted by Gasteiger charge is 2.43. The predicted octanol–water partition coefficient (Wildman–Crippen LogP) is 1.05. The molecule has 4 heteroatoms. The first-order valence-electron chi connectivity index (χ1n) is 6.19. The number of nitrogens with two attached hydrogens (primary N) is 1. The maximum atomic E-state index is 12.0. The van der Waals surface area contributed by atoms with E-state index in [0.717, 1.165) is 12.0 Å². The number of carbonyl (C=O) groups excluding carboxylic acids is 2. The highest BCUT2D eigenvalue weighted by atomic mass is 16.2. The molecule has 18 heavy (non-hydrogen) atoms. The van der Waals surface area contributed by atoms with Crippen LogP contribution in [0, 0.1) is 0 Å². The molecule has 0 saturated carbocycles. The van der Waals surface area contributed by atoms with E-state index in [2.05, 4.69) is 6.92 Å². The molecule has 1 saturated heterocycles. The Morgan fingerprint density at radius 3 is 2.61 bits per heavy atom. The van der Waals surface area contributed by atoms with Gasteiger partial charge in [0.25, 0.3) is 0 Å². The fourth-order valence-corrected chi connectivity index (χ4v) is 2.67. The minimum Gasteiger partial charge on any atom is -0.368 e. The molecule has 1 aromatic carbocycles. The van der Waals surface area contributed by atoms with Gasteiger partial charge in [-0.05, 0) is 12.0 Å². The summed E-state index contributed by atoms with van der Waals surface area (Å²) in [4.78, 5) is 24.5. The number of hydrogen-bond acceptors (Lipinski definition) is 2. The van der Waals surface area contributed by atoms with Crippen LogP contribution in [0.2, 0.25) is 0 Å². The zero-order valence-electron chi connectivity index (χ0n) is 10.6. The summed E-state index contributed by atoms with van der Waals surface area (Å²) in [5, 5.41) is 0. The van der Waals surface area contributed by atoms with Crippen LogP contribution in [0.3, 0.4) is 0 Å². The zero-order valence-corrected chi connectivity index (χ0v) is 10.6. The average Bonchev–Trinajstić information content (AvgIpc) is 2.68. The number of amides is 2. The number of benzene rings is 1. The van der Waals surface area contributed by atoms with E-state index in [4.69, 9.17) is 5.73 Å². The van der Waals surface area contributed by atoms with Crippen LogP contribution in [-0.2, 0) is 15.0 Å². The van der Waals surface area contributed by atoms with Gasteiger partial charge in [0, 0.05) is 18.4 Å². The van der Waals surface area contributed by atoms with E-state index in [1.807, 2.05) is 30.3 Å². The van der Waals surface area contributed by atoms with Crippen molar-refractivity contribution in [1.82, 2.24) is 4.90 Å². The van der Waals surface area contributed by atoms with E-state index in [0.29, 0.717) is 13.0 Å². The molecule has 1 aliphatic heterocycles. The van der Waals surface area contributed by atoms with Crippen LogP contribution in [0.5, 0.6) is 0 Å². The Kier molecular flexibility index (Phi) is 3.36. The Morgan fingerprint density at radius 1 is 1.39 bits per heavy atom. The molecule has 2 N–H and O–H groups in total. The molecule has 96 valence electrons. The summed E-state index contributed by atoms with van der Waals surface area (Å²) >= 11 is 0. The van der Waals surface area contributed by atoms with Crippen molar-refractivity contribution >= 4 is 11.8 Å². The first-order chi connectivity index (χ1) is 8.57. The number of rotatable bonds is 4. The first kappa shape index (κ1) is 12.6. The lowest BCUT2D eigenvalue weighted by Crippen LogP contribution is -2.37. The van der Waals surface area contributed by atoms with E-state index in [1.54, 1.807) is 4.90 Å². The molecule has 0 aromatic heterocycles. The summed E-state index contributed by atoms with van der Waals surface area (Å²) in [7, 11) is 0. The second-order valence-corrected chi connectivity index (χ2v) is 4.89. The second-order valence-electron chi connectivity index (χ2n) is 4.89. The summed E-state index contributed by atoms with van der Waals surface area (Å²) in [6, 6.07) is 10.0. The van der Waals surface area contributed by atoms with Gasteiger partial charge in [0.05, 0.1) is 6.54 Å². The standard InChI is InChI=1S/C14H18N2O2/c1-2-14(11-6-4-3-5-7-11)8-13(18)16(10-14)9-12(15)17/h3-7H,2,8-10H2,1H3,(H2,15,17). The smallest absolute Gasteiger partial charge is 0.237 e. The van der Waals surface area contributed by atoms with Crippen molar-refractivity contribution in [3.8, 4) is 0 Å². The van der Waals surface area contributed by atoms with Gasteiger partial charge in [-0.2, -0.15) is 0 Å². The number of primary amides is 1. The molecular formula is C14H18N2O2. The van der Waals surface area contributed by atoms with E-state index in [-0.39, 0.29) is 17.9 Å². The van der Waals surface area contributed by atoms with Crippen LogP contribution in [-0.4, -0.2) is 29.8 Å². The second kappa shape index (κ2) is 4.80. The van der Waals surface area contributed by atoms with Gasteiger partial charge in [-0.15, -0.1) is 0 Å². The summed E-state index contributed by atoms with van der Waals surface area (Å²) in [6.45, 7) is 2.68. The van der Waals surface area contributed by atoms with Crippen LogP contribution in [0.15, 0.2) is 30.3 Å². The highest BCUT2D eigenvalue weighted by Crippen LogP contribution is 2.37. The minimum absolute atomic E-state index is 0.0134. The van der Waals surface area contributed by atoms with Gasteiger partial charge in [-0.3, -0.25) is 9.59 Å². The largest absolute Gasteiger partial charge is 0.368 e. The van der Waals surface area contributed by atoms with Crippen molar-refractivity contribution in [2.45, 2.75) is 25.2 Å². The monoisotopic (exact) mass is 246 g/mol. The molecule has 1 atom stereocenters. The zero-order chi connectivity index (χ0) is 13.2. The quantitative estimate of drug-likeness (QED) is 0.863.